The van der Waals surface area contributed by atoms with Crippen molar-refractivity contribution in [2.75, 3.05) is 27.2 Å². The summed E-state index contributed by atoms with van der Waals surface area (Å²) in [6.07, 6.45) is 1.72. The van der Waals surface area contributed by atoms with E-state index >= 15 is 0 Å². The highest BCUT2D eigenvalue weighted by molar-refractivity contribution is 5.81. The molecule has 16 heavy (non-hydrogen) atoms. The van der Waals surface area contributed by atoms with Crippen molar-refractivity contribution in [3.63, 3.8) is 0 Å². The van der Waals surface area contributed by atoms with Crippen LogP contribution in [0.25, 0.3) is 0 Å². The van der Waals surface area contributed by atoms with E-state index in [1.807, 2.05) is 32.8 Å². The van der Waals surface area contributed by atoms with E-state index < -0.39 is 0 Å². The largest absolute Gasteiger partial charge is 0.338 e. The van der Waals surface area contributed by atoms with Crippen LogP contribution in [0.3, 0.4) is 0 Å². The second kappa shape index (κ2) is 7.63. The molecule has 0 saturated heterocycles. The summed E-state index contributed by atoms with van der Waals surface area (Å²) < 4.78 is 0. The summed E-state index contributed by atoms with van der Waals surface area (Å²) in [5, 5.41) is 0. The summed E-state index contributed by atoms with van der Waals surface area (Å²) in [5.74, 6) is 0.0821. The normalized spacial score (nSPS) is 14.9. The molecule has 4 heteroatoms. The molecular weight excluding hydrogens is 202 g/mol. The molecule has 0 aromatic carbocycles. The number of hydrogen-bond donors (Lipinski definition) is 1. The van der Waals surface area contributed by atoms with Gasteiger partial charge in [0.2, 0.25) is 5.91 Å². The maximum absolute atomic E-state index is 12.1. The summed E-state index contributed by atoms with van der Waals surface area (Å²) in [5.41, 5.74) is 5.87. The van der Waals surface area contributed by atoms with E-state index in [-0.39, 0.29) is 18.0 Å². The van der Waals surface area contributed by atoms with Crippen molar-refractivity contribution >= 4 is 5.91 Å². The van der Waals surface area contributed by atoms with Gasteiger partial charge in [-0.25, -0.2) is 0 Å². The molecule has 2 N–H and O–H groups in total. The molecule has 0 aromatic heterocycles. The number of carbonyl (C=O) groups is 1. The van der Waals surface area contributed by atoms with Crippen molar-refractivity contribution in [3.05, 3.63) is 0 Å². The van der Waals surface area contributed by atoms with Crippen LogP contribution in [0.5, 0.6) is 0 Å². The Morgan fingerprint density at radius 1 is 1.31 bits per heavy atom. The predicted octanol–water partition coefficient (Wildman–Crippen LogP) is 0.912. The first kappa shape index (κ1) is 15.4. The monoisotopic (exact) mass is 229 g/mol. The average Bonchev–Trinajstić information content (AvgIpc) is 2.17. The molecule has 0 saturated carbocycles. The van der Waals surface area contributed by atoms with E-state index in [9.17, 15) is 4.79 Å². The molecule has 96 valence electrons. The zero-order chi connectivity index (χ0) is 12.7. The zero-order valence-corrected chi connectivity index (χ0v) is 11.4. The Kier molecular flexibility index (Phi) is 7.34. The van der Waals surface area contributed by atoms with Crippen LogP contribution < -0.4 is 5.73 Å². The van der Waals surface area contributed by atoms with Gasteiger partial charge in [-0.2, -0.15) is 0 Å². The van der Waals surface area contributed by atoms with E-state index in [2.05, 4.69) is 11.8 Å². The minimum absolute atomic E-state index is 0.0821. The molecule has 0 fully saturated rings. The highest BCUT2D eigenvalue weighted by atomic mass is 16.2. The summed E-state index contributed by atoms with van der Waals surface area (Å²) in [6, 6.07) is -0.120. The lowest BCUT2D eigenvalue weighted by Gasteiger charge is -2.32. The maximum Gasteiger partial charge on any atom is 0.239 e. The van der Waals surface area contributed by atoms with Crippen molar-refractivity contribution < 1.29 is 4.79 Å². The molecule has 0 aliphatic carbocycles. The predicted molar refractivity (Wildman–Crippen MR) is 68.3 cm³/mol. The molecule has 0 aliphatic rings. The van der Waals surface area contributed by atoms with Gasteiger partial charge in [0.1, 0.15) is 0 Å². The van der Waals surface area contributed by atoms with Crippen molar-refractivity contribution in [1.29, 1.82) is 0 Å². The molecule has 4 nitrogen and oxygen atoms in total. The van der Waals surface area contributed by atoms with Crippen LogP contribution in [-0.4, -0.2) is 55.0 Å². The molecule has 0 heterocycles. The Labute approximate surface area is 99.8 Å². The highest BCUT2D eigenvalue weighted by Crippen LogP contribution is 2.05. The van der Waals surface area contributed by atoms with Crippen LogP contribution in [0.2, 0.25) is 0 Å². The van der Waals surface area contributed by atoms with Gasteiger partial charge in [-0.15, -0.1) is 0 Å². The fourth-order valence-corrected chi connectivity index (χ4v) is 1.96. The fraction of sp³-hybridized carbons (Fsp3) is 0.917. The lowest BCUT2D eigenvalue weighted by Crippen LogP contribution is -2.50. The van der Waals surface area contributed by atoms with Gasteiger partial charge in [-0.1, -0.05) is 13.3 Å². The summed E-state index contributed by atoms with van der Waals surface area (Å²) in [4.78, 5) is 16.0. The van der Waals surface area contributed by atoms with Crippen LogP contribution in [-0.2, 0) is 4.79 Å². The van der Waals surface area contributed by atoms with Gasteiger partial charge >= 0.3 is 0 Å². The number of hydrogen-bond acceptors (Lipinski definition) is 3. The fourth-order valence-electron chi connectivity index (χ4n) is 1.96. The topological polar surface area (TPSA) is 49.6 Å². The number of amides is 1. The summed E-state index contributed by atoms with van der Waals surface area (Å²) in [6.45, 7) is 7.72. The second-order valence-corrected chi connectivity index (χ2v) is 4.63. The quantitative estimate of drug-likeness (QED) is 0.706. The van der Waals surface area contributed by atoms with Crippen LogP contribution in [0.1, 0.15) is 33.6 Å². The highest BCUT2D eigenvalue weighted by Gasteiger charge is 2.23. The Balaban J connectivity index is 4.41. The number of rotatable bonds is 7. The van der Waals surface area contributed by atoms with Gasteiger partial charge in [-0.05, 0) is 34.4 Å². The lowest BCUT2D eigenvalue weighted by atomic mass is 10.1. The first-order valence-corrected chi connectivity index (χ1v) is 6.14. The van der Waals surface area contributed by atoms with Gasteiger partial charge in [0.15, 0.2) is 0 Å². The Morgan fingerprint density at radius 3 is 2.25 bits per heavy atom. The van der Waals surface area contributed by atoms with Gasteiger partial charge in [0, 0.05) is 19.1 Å². The SMILES string of the molecule is CCC[C@H](N)C(=O)N(CC)C(C)CN(C)C. The van der Waals surface area contributed by atoms with Crippen molar-refractivity contribution in [2.45, 2.75) is 45.7 Å². The number of carbonyl (C=O) groups excluding carboxylic acids is 1. The molecule has 2 atom stereocenters. The van der Waals surface area contributed by atoms with E-state index in [0.717, 1.165) is 25.9 Å². The minimum atomic E-state index is -0.338. The van der Waals surface area contributed by atoms with Gasteiger partial charge in [0.05, 0.1) is 6.04 Å². The van der Waals surface area contributed by atoms with E-state index in [0.29, 0.717) is 0 Å². The number of nitrogens with zero attached hydrogens (tertiary/aromatic N) is 2. The van der Waals surface area contributed by atoms with Crippen LogP contribution in [0.15, 0.2) is 0 Å². The Morgan fingerprint density at radius 2 is 1.88 bits per heavy atom. The third kappa shape index (κ3) is 4.94. The van der Waals surface area contributed by atoms with Gasteiger partial charge in [-0.3, -0.25) is 4.79 Å². The molecule has 1 amide bonds. The minimum Gasteiger partial charge on any atom is -0.338 e. The number of likely N-dealkylation sites (N-methyl/N-ethyl adjacent to an activating group) is 2. The molecule has 0 aromatic rings. The van der Waals surface area contributed by atoms with E-state index in [4.69, 9.17) is 5.73 Å². The molecule has 0 rings (SSSR count). The molecule has 0 bridgehead atoms. The first-order valence-electron chi connectivity index (χ1n) is 6.14. The van der Waals surface area contributed by atoms with Crippen LogP contribution in [0.4, 0.5) is 0 Å². The van der Waals surface area contributed by atoms with Gasteiger partial charge in [0.25, 0.3) is 0 Å². The van der Waals surface area contributed by atoms with Crippen molar-refractivity contribution in [1.82, 2.24) is 9.80 Å². The third-order valence-electron chi connectivity index (χ3n) is 2.70. The average molecular weight is 229 g/mol. The van der Waals surface area contributed by atoms with E-state index in [1.54, 1.807) is 0 Å². The third-order valence-corrected chi connectivity index (χ3v) is 2.70. The van der Waals surface area contributed by atoms with Crippen molar-refractivity contribution in [2.24, 2.45) is 5.73 Å². The summed E-state index contributed by atoms with van der Waals surface area (Å²) >= 11 is 0. The second-order valence-electron chi connectivity index (χ2n) is 4.63. The standard InChI is InChI=1S/C12H27N3O/c1-6-8-11(13)12(16)15(7-2)10(3)9-14(4)5/h10-11H,6-9,13H2,1-5H3/t10?,11-/m0/s1. The molecule has 0 radical (unpaired) electrons. The van der Waals surface area contributed by atoms with E-state index in [1.165, 1.54) is 0 Å². The Hall–Kier alpha value is -0.610. The van der Waals surface area contributed by atoms with Crippen LogP contribution in [0, 0.1) is 0 Å². The van der Waals surface area contributed by atoms with Gasteiger partial charge < -0.3 is 15.5 Å². The van der Waals surface area contributed by atoms with Crippen LogP contribution >= 0.6 is 0 Å². The molecular formula is C12H27N3O. The lowest BCUT2D eigenvalue weighted by molar-refractivity contribution is -0.134. The first-order chi connectivity index (χ1) is 7.43. The smallest absolute Gasteiger partial charge is 0.239 e. The zero-order valence-electron chi connectivity index (χ0n) is 11.4. The number of nitrogens with two attached hydrogens (primary N) is 1. The maximum atomic E-state index is 12.1. The molecule has 0 aliphatic heterocycles. The summed E-state index contributed by atoms with van der Waals surface area (Å²) in [7, 11) is 4.03. The Bertz CT molecular complexity index is 206. The molecule has 0 spiro atoms. The van der Waals surface area contributed by atoms with Crippen molar-refractivity contribution in [3.8, 4) is 0 Å². The molecule has 1 unspecified atom stereocenters.